The fraction of sp³-hybridized carbons (Fsp3) is 0.136. The van der Waals surface area contributed by atoms with Gasteiger partial charge in [0.25, 0.3) is 5.91 Å². The van der Waals surface area contributed by atoms with Crippen LogP contribution in [0, 0.1) is 5.82 Å². The van der Waals surface area contributed by atoms with Crippen molar-refractivity contribution in [1.29, 1.82) is 0 Å². The number of hydrogen-bond donors (Lipinski definition) is 0. The minimum atomic E-state index is -0.353. The van der Waals surface area contributed by atoms with Gasteiger partial charge < -0.3 is 4.90 Å². The zero-order valence-corrected chi connectivity index (χ0v) is 16.6. The smallest absolute Gasteiger partial charge is 0.277 e. The van der Waals surface area contributed by atoms with Crippen LogP contribution in [0.2, 0.25) is 5.02 Å². The second kappa shape index (κ2) is 7.64. The first kappa shape index (κ1) is 19.1. The SMILES string of the molecule is CC(C)N(C(=O)c1c(-c2ccc(F)cc2)nc2ncccn12)c1ccc(Cl)cc1. The molecule has 0 N–H and O–H groups in total. The third-order valence-electron chi connectivity index (χ3n) is 4.56. The molecular formula is C22H18ClFN4O. The lowest BCUT2D eigenvalue weighted by Crippen LogP contribution is -2.38. The molecule has 1 amide bonds. The lowest BCUT2D eigenvalue weighted by molar-refractivity contribution is 0.0975. The maximum absolute atomic E-state index is 13.7. The van der Waals surface area contributed by atoms with Crippen molar-refractivity contribution in [3.05, 3.63) is 83.5 Å². The van der Waals surface area contributed by atoms with Gasteiger partial charge in [0, 0.05) is 34.7 Å². The van der Waals surface area contributed by atoms with E-state index < -0.39 is 0 Å². The van der Waals surface area contributed by atoms with Gasteiger partial charge in [-0.1, -0.05) is 11.6 Å². The zero-order valence-electron chi connectivity index (χ0n) is 15.9. The molecule has 4 rings (SSSR count). The third kappa shape index (κ3) is 3.59. The largest absolute Gasteiger partial charge is 0.305 e. The van der Waals surface area contributed by atoms with Gasteiger partial charge in [-0.2, -0.15) is 0 Å². The van der Waals surface area contributed by atoms with Gasteiger partial charge in [-0.25, -0.2) is 14.4 Å². The summed E-state index contributed by atoms with van der Waals surface area (Å²) < 4.78 is 15.1. The van der Waals surface area contributed by atoms with Gasteiger partial charge in [0.05, 0.1) is 0 Å². The number of carbonyl (C=O) groups is 1. The first-order valence-electron chi connectivity index (χ1n) is 9.14. The number of anilines is 1. The van der Waals surface area contributed by atoms with Crippen LogP contribution in [-0.4, -0.2) is 26.3 Å². The number of benzene rings is 2. The number of aromatic nitrogens is 3. The summed E-state index contributed by atoms with van der Waals surface area (Å²) in [4.78, 5) is 24.2. The molecule has 0 fully saturated rings. The molecule has 2 heterocycles. The molecule has 0 aliphatic carbocycles. The molecule has 2 aromatic heterocycles. The highest BCUT2D eigenvalue weighted by Gasteiger charge is 2.28. The lowest BCUT2D eigenvalue weighted by atomic mass is 10.1. The molecule has 4 aromatic rings. The van der Waals surface area contributed by atoms with Crippen LogP contribution in [-0.2, 0) is 0 Å². The van der Waals surface area contributed by atoms with E-state index >= 15 is 0 Å². The van der Waals surface area contributed by atoms with E-state index in [0.29, 0.717) is 27.8 Å². The Bertz CT molecular complexity index is 1170. The van der Waals surface area contributed by atoms with Gasteiger partial charge in [0.2, 0.25) is 5.78 Å². The lowest BCUT2D eigenvalue weighted by Gasteiger charge is -2.27. The topological polar surface area (TPSA) is 50.5 Å². The average molecular weight is 409 g/mol. The highest BCUT2D eigenvalue weighted by atomic mass is 35.5. The van der Waals surface area contributed by atoms with E-state index in [1.165, 1.54) is 12.1 Å². The molecule has 2 aromatic carbocycles. The molecule has 0 unspecified atom stereocenters. The van der Waals surface area contributed by atoms with Crippen LogP contribution in [0.15, 0.2) is 67.0 Å². The van der Waals surface area contributed by atoms with Gasteiger partial charge in [-0.3, -0.25) is 9.20 Å². The molecule has 146 valence electrons. The number of nitrogens with zero attached hydrogens (tertiary/aromatic N) is 4. The Morgan fingerprint density at radius 1 is 1.10 bits per heavy atom. The Kier molecular flexibility index (Phi) is 5.03. The number of fused-ring (bicyclic) bond motifs is 1. The van der Waals surface area contributed by atoms with E-state index in [9.17, 15) is 9.18 Å². The molecule has 0 spiro atoms. The monoisotopic (exact) mass is 408 g/mol. The van der Waals surface area contributed by atoms with Crippen LogP contribution < -0.4 is 4.90 Å². The second-order valence-corrected chi connectivity index (χ2v) is 7.29. The van der Waals surface area contributed by atoms with E-state index in [-0.39, 0.29) is 17.8 Å². The van der Waals surface area contributed by atoms with E-state index in [0.717, 1.165) is 5.69 Å². The van der Waals surface area contributed by atoms with Crippen LogP contribution in [0.1, 0.15) is 24.3 Å². The standard InChI is InChI=1S/C22H18ClFN4O/c1-14(2)28(18-10-6-16(23)7-11-18)21(29)20-19(15-4-8-17(24)9-5-15)26-22-25-12-3-13-27(20)22/h3-14H,1-2H3. The Hall–Kier alpha value is -3.25. The van der Waals surface area contributed by atoms with Crippen LogP contribution >= 0.6 is 11.6 Å². The maximum atomic E-state index is 13.7. The van der Waals surface area contributed by atoms with E-state index in [1.807, 2.05) is 13.8 Å². The van der Waals surface area contributed by atoms with Gasteiger partial charge in [-0.05, 0) is 68.4 Å². The van der Waals surface area contributed by atoms with Crippen molar-refractivity contribution >= 4 is 29.0 Å². The van der Waals surface area contributed by atoms with E-state index in [2.05, 4.69) is 9.97 Å². The summed E-state index contributed by atoms with van der Waals surface area (Å²) in [7, 11) is 0. The summed E-state index contributed by atoms with van der Waals surface area (Å²) >= 11 is 6.01. The molecular weight excluding hydrogens is 391 g/mol. The van der Waals surface area contributed by atoms with Gasteiger partial charge >= 0.3 is 0 Å². The second-order valence-electron chi connectivity index (χ2n) is 6.85. The van der Waals surface area contributed by atoms with Crippen LogP contribution in [0.25, 0.3) is 17.0 Å². The molecule has 0 bridgehead atoms. The molecule has 0 saturated heterocycles. The highest BCUT2D eigenvalue weighted by molar-refractivity contribution is 6.30. The molecule has 5 nitrogen and oxygen atoms in total. The summed E-state index contributed by atoms with van der Waals surface area (Å²) in [6.07, 6.45) is 3.36. The fourth-order valence-electron chi connectivity index (χ4n) is 3.27. The van der Waals surface area contributed by atoms with Crippen LogP contribution in [0.5, 0.6) is 0 Å². The van der Waals surface area contributed by atoms with Gasteiger partial charge in [-0.15, -0.1) is 0 Å². The van der Waals surface area contributed by atoms with E-state index in [4.69, 9.17) is 11.6 Å². The molecule has 0 aliphatic rings. The third-order valence-corrected chi connectivity index (χ3v) is 4.82. The molecule has 0 radical (unpaired) electrons. The quantitative estimate of drug-likeness (QED) is 0.463. The number of carbonyl (C=O) groups excluding carboxylic acids is 1. The maximum Gasteiger partial charge on any atom is 0.277 e. The fourth-order valence-corrected chi connectivity index (χ4v) is 3.39. The van der Waals surface area contributed by atoms with Gasteiger partial charge in [0.15, 0.2) is 0 Å². The predicted octanol–water partition coefficient (Wildman–Crippen LogP) is 5.24. The predicted molar refractivity (Wildman–Crippen MR) is 112 cm³/mol. The number of amides is 1. The van der Waals surface area contributed by atoms with Crippen molar-refractivity contribution in [2.24, 2.45) is 0 Å². The summed E-state index contributed by atoms with van der Waals surface area (Å²) in [6, 6.07) is 14.6. The molecule has 0 aliphatic heterocycles. The Morgan fingerprint density at radius 3 is 2.45 bits per heavy atom. The van der Waals surface area contributed by atoms with Crippen LogP contribution in [0.4, 0.5) is 10.1 Å². The minimum absolute atomic E-state index is 0.119. The number of hydrogen-bond acceptors (Lipinski definition) is 3. The number of imidazole rings is 1. The average Bonchev–Trinajstić information content (AvgIpc) is 3.09. The Labute approximate surface area is 172 Å². The highest BCUT2D eigenvalue weighted by Crippen LogP contribution is 2.28. The van der Waals surface area contributed by atoms with E-state index in [1.54, 1.807) is 64.2 Å². The summed E-state index contributed by atoms with van der Waals surface area (Å²) in [6.45, 7) is 3.87. The van der Waals surface area contributed by atoms with Crippen molar-refractivity contribution < 1.29 is 9.18 Å². The molecule has 0 atom stereocenters. The Morgan fingerprint density at radius 2 is 1.79 bits per heavy atom. The summed E-state index contributed by atoms with van der Waals surface area (Å²) in [5.41, 5.74) is 2.18. The normalized spacial score (nSPS) is 11.2. The Balaban J connectivity index is 1.91. The van der Waals surface area contributed by atoms with Crippen molar-refractivity contribution in [3.63, 3.8) is 0 Å². The summed E-state index contributed by atoms with van der Waals surface area (Å²) in [5, 5.41) is 0.593. The minimum Gasteiger partial charge on any atom is -0.305 e. The number of halogens is 2. The first-order chi connectivity index (χ1) is 14.0. The molecule has 7 heteroatoms. The molecule has 29 heavy (non-hydrogen) atoms. The molecule has 0 saturated carbocycles. The first-order valence-corrected chi connectivity index (χ1v) is 9.51. The van der Waals surface area contributed by atoms with Crippen molar-refractivity contribution in [1.82, 2.24) is 14.4 Å². The van der Waals surface area contributed by atoms with Crippen molar-refractivity contribution in [2.45, 2.75) is 19.9 Å². The number of rotatable bonds is 4. The van der Waals surface area contributed by atoms with Crippen LogP contribution in [0.3, 0.4) is 0 Å². The summed E-state index contributed by atoms with van der Waals surface area (Å²) in [5.74, 6) is -0.189. The van der Waals surface area contributed by atoms with Crippen molar-refractivity contribution in [2.75, 3.05) is 4.90 Å². The van der Waals surface area contributed by atoms with Crippen molar-refractivity contribution in [3.8, 4) is 11.3 Å². The zero-order chi connectivity index (χ0) is 20.5. The van der Waals surface area contributed by atoms with Gasteiger partial charge in [0.1, 0.15) is 17.2 Å².